The number of nitrogens with zero attached hydrogens (tertiary/aromatic N) is 3. The van der Waals surface area contributed by atoms with Crippen molar-refractivity contribution in [2.45, 2.75) is 19.3 Å². The molecule has 0 spiro atoms. The van der Waals surface area contributed by atoms with Crippen LogP contribution < -0.4 is 0 Å². The highest BCUT2D eigenvalue weighted by Crippen LogP contribution is 2.52. The Morgan fingerprint density at radius 1 is 0.356 bits per heavy atom. The summed E-state index contributed by atoms with van der Waals surface area (Å²) in [5.41, 5.74) is 15.9. The summed E-state index contributed by atoms with van der Waals surface area (Å²) >= 11 is 0. The third-order valence-corrected chi connectivity index (χ3v) is 12.2. The van der Waals surface area contributed by atoms with E-state index < -0.39 is 0 Å². The summed E-state index contributed by atoms with van der Waals surface area (Å²) in [6, 6.07) is 61.3. The first-order valence-corrected chi connectivity index (χ1v) is 20.0. The molecule has 0 saturated heterocycles. The van der Waals surface area contributed by atoms with E-state index in [1.807, 2.05) is 72.8 Å². The fraction of sp³-hybridized carbons (Fsp3) is 0.0556. The molecule has 0 saturated carbocycles. The highest BCUT2D eigenvalue weighted by atomic mass is 16.3. The van der Waals surface area contributed by atoms with Gasteiger partial charge in [0.15, 0.2) is 17.5 Å². The van der Waals surface area contributed by atoms with Gasteiger partial charge in [0.1, 0.15) is 22.3 Å². The molecule has 12 rings (SSSR count). The lowest BCUT2D eigenvalue weighted by atomic mass is 9.79. The molecule has 5 heteroatoms. The lowest BCUT2D eigenvalue weighted by Crippen LogP contribution is -2.16. The van der Waals surface area contributed by atoms with E-state index in [0.29, 0.717) is 17.5 Å². The minimum atomic E-state index is -0.0889. The van der Waals surface area contributed by atoms with Crippen molar-refractivity contribution in [3.05, 3.63) is 187 Å². The Hall–Kier alpha value is -7.63. The molecule has 0 bridgehead atoms. The van der Waals surface area contributed by atoms with Gasteiger partial charge in [-0.15, -0.1) is 0 Å². The zero-order valence-electron chi connectivity index (χ0n) is 32.4. The van der Waals surface area contributed by atoms with Gasteiger partial charge >= 0.3 is 0 Å². The number of furan rings is 2. The van der Waals surface area contributed by atoms with Crippen LogP contribution in [0.2, 0.25) is 0 Å². The van der Waals surface area contributed by atoms with E-state index in [2.05, 4.69) is 117 Å². The van der Waals surface area contributed by atoms with Gasteiger partial charge in [-0.3, -0.25) is 0 Å². The Kier molecular flexibility index (Phi) is 7.20. The molecule has 1 aliphatic rings. The summed E-state index contributed by atoms with van der Waals surface area (Å²) in [5, 5.41) is 3.97. The van der Waals surface area contributed by atoms with Gasteiger partial charge in [-0.2, -0.15) is 0 Å². The van der Waals surface area contributed by atoms with Gasteiger partial charge in [0.05, 0.1) is 0 Å². The van der Waals surface area contributed by atoms with Crippen LogP contribution in [0, 0.1) is 0 Å². The number of fused-ring (bicyclic) bond motifs is 9. The summed E-state index contributed by atoms with van der Waals surface area (Å²) in [6.07, 6.45) is 0. The number of aromatic nitrogens is 3. The Morgan fingerprint density at radius 2 is 0.881 bits per heavy atom. The third-order valence-electron chi connectivity index (χ3n) is 12.2. The molecule has 278 valence electrons. The second-order valence-corrected chi connectivity index (χ2v) is 15.9. The van der Waals surface area contributed by atoms with Crippen molar-refractivity contribution in [1.29, 1.82) is 0 Å². The van der Waals surface area contributed by atoms with Crippen molar-refractivity contribution >= 4 is 43.9 Å². The fourth-order valence-electron chi connectivity index (χ4n) is 9.42. The molecular weight excluding hydrogens is 723 g/mol. The van der Waals surface area contributed by atoms with Gasteiger partial charge < -0.3 is 8.83 Å². The summed E-state index contributed by atoms with van der Waals surface area (Å²) in [6.45, 7) is 4.69. The molecule has 1 aliphatic carbocycles. The smallest absolute Gasteiger partial charge is 0.164 e. The highest BCUT2D eigenvalue weighted by Gasteiger charge is 2.37. The first-order chi connectivity index (χ1) is 29.0. The second kappa shape index (κ2) is 12.7. The largest absolute Gasteiger partial charge is 0.456 e. The molecule has 0 radical (unpaired) electrons. The van der Waals surface area contributed by atoms with E-state index in [9.17, 15) is 0 Å². The number of para-hydroxylation sites is 1. The van der Waals surface area contributed by atoms with Crippen LogP contribution in [0.4, 0.5) is 0 Å². The van der Waals surface area contributed by atoms with Crippen LogP contribution in [0.1, 0.15) is 25.0 Å². The molecule has 0 unspecified atom stereocenters. The average Bonchev–Trinajstić information content (AvgIpc) is 3.94. The van der Waals surface area contributed by atoms with Gasteiger partial charge in [-0.05, 0) is 74.8 Å². The molecule has 0 amide bonds. The minimum Gasteiger partial charge on any atom is -0.456 e. The van der Waals surface area contributed by atoms with Crippen molar-refractivity contribution in [2.24, 2.45) is 0 Å². The summed E-state index contributed by atoms with van der Waals surface area (Å²) < 4.78 is 12.8. The number of rotatable bonds is 5. The molecule has 59 heavy (non-hydrogen) atoms. The van der Waals surface area contributed by atoms with Crippen LogP contribution in [0.5, 0.6) is 0 Å². The molecule has 3 heterocycles. The van der Waals surface area contributed by atoms with Crippen molar-refractivity contribution in [1.82, 2.24) is 15.0 Å². The van der Waals surface area contributed by atoms with Crippen molar-refractivity contribution in [3.63, 3.8) is 0 Å². The molecule has 5 nitrogen and oxygen atoms in total. The molecule has 0 aliphatic heterocycles. The zero-order valence-corrected chi connectivity index (χ0v) is 32.4. The molecule has 3 aromatic heterocycles. The Bertz CT molecular complexity index is 3470. The molecule has 0 atom stereocenters. The molecule has 8 aromatic carbocycles. The van der Waals surface area contributed by atoms with Gasteiger partial charge in [-0.1, -0.05) is 159 Å². The predicted octanol–water partition coefficient (Wildman–Crippen LogP) is 14.3. The van der Waals surface area contributed by atoms with E-state index in [0.717, 1.165) is 71.7 Å². The SMILES string of the molecule is CC1(C)c2ccccc2-c2cccc(-c3ccc(-c4ccc5oc6cccc(-c7nc(-c8ccccc8)nc(-c8cccc9oc%10ccccc%10c89)n7)c6c5c4)cc3)c21. The average molecular weight is 758 g/mol. The zero-order chi connectivity index (χ0) is 39.2. The van der Waals surface area contributed by atoms with Crippen LogP contribution in [-0.2, 0) is 5.41 Å². The Morgan fingerprint density at radius 3 is 1.64 bits per heavy atom. The molecular formula is C54H35N3O2. The molecule has 11 aromatic rings. The van der Waals surface area contributed by atoms with E-state index in [4.69, 9.17) is 23.8 Å². The fourth-order valence-corrected chi connectivity index (χ4v) is 9.42. The summed E-state index contributed by atoms with van der Waals surface area (Å²) in [4.78, 5) is 15.5. The topological polar surface area (TPSA) is 65.0 Å². The maximum atomic E-state index is 6.51. The standard InChI is InChI=1S/C54H35N3O2/c1-54(2)43-21-8-6-15-37(43)38-18-10-17-36(50(38)54)33-27-25-32(26-28-33)35-29-30-45-42(31-35)49-41(20-12-24-47(49)59-45)53-56-51(34-13-4-3-5-14-34)55-52(57-53)40-19-11-23-46-48(40)39-16-7-9-22-44(39)58-46/h3-31H,1-2H3. The lowest BCUT2D eigenvalue weighted by Gasteiger charge is -2.24. The molecule has 0 fully saturated rings. The Labute approximate surface area is 340 Å². The normalized spacial score (nSPS) is 13.1. The van der Waals surface area contributed by atoms with Gasteiger partial charge in [-0.25, -0.2) is 15.0 Å². The number of hydrogen-bond acceptors (Lipinski definition) is 5. The van der Waals surface area contributed by atoms with E-state index in [-0.39, 0.29) is 5.41 Å². The van der Waals surface area contributed by atoms with Crippen LogP contribution >= 0.6 is 0 Å². The monoisotopic (exact) mass is 757 g/mol. The van der Waals surface area contributed by atoms with E-state index in [1.165, 1.54) is 33.4 Å². The second-order valence-electron chi connectivity index (χ2n) is 15.9. The number of hydrogen-bond donors (Lipinski definition) is 0. The molecule has 0 N–H and O–H groups in total. The summed E-state index contributed by atoms with van der Waals surface area (Å²) in [5.74, 6) is 1.74. The van der Waals surface area contributed by atoms with Crippen molar-refractivity contribution < 1.29 is 8.83 Å². The summed E-state index contributed by atoms with van der Waals surface area (Å²) in [7, 11) is 0. The van der Waals surface area contributed by atoms with Gasteiger partial charge in [0, 0.05) is 43.7 Å². The predicted molar refractivity (Wildman–Crippen MR) is 239 cm³/mol. The minimum absolute atomic E-state index is 0.0889. The van der Waals surface area contributed by atoms with E-state index >= 15 is 0 Å². The third kappa shape index (κ3) is 5.14. The maximum absolute atomic E-state index is 6.51. The van der Waals surface area contributed by atoms with Crippen molar-refractivity contribution in [3.8, 4) is 67.5 Å². The van der Waals surface area contributed by atoms with Crippen LogP contribution in [-0.4, -0.2) is 15.0 Å². The van der Waals surface area contributed by atoms with Crippen molar-refractivity contribution in [2.75, 3.05) is 0 Å². The van der Waals surface area contributed by atoms with Crippen LogP contribution in [0.3, 0.4) is 0 Å². The van der Waals surface area contributed by atoms with E-state index in [1.54, 1.807) is 0 Å². The highest BCUT2D eigenvalue weighted by molar-refractivity contribution is 6.14. The maximum Gasteiger partial charge on any atom is 0.164 e. The first-order valence-electron chi connectivity index (χ1n) is 20.0. The lowest BCUT2D eigenvalue weighted by molar-refractivity contribution is 0.662. The quantitative estimate of drug-likeness (QED) is 0.175. The van der Waals surface area contributed by atoms with Crippen LogP contribution in [0.15, 0.2) is 185 Å². The Balaban J connectivity index is 0.993. The van der Waals surface area contributed by atoms with Crippen LogP contribution in [0.25, 0.3) is 111 Å². The van der Waals surface area contributed by atoms with Gasteiger partial charge in [0.2, 0.25) is 0 Å². The first kappa shape index (κ1) is 33.5. The van der Waals surface area contributed by atoms with Gasteiger partial charge in [0.25, 0.3) is 0 Å². The number of benzene rings is 8.